The van der Waals surface area contributed by atoms with E-state index in [9.17, 15) is 15.4 Å². The molecule has 0 bridgehead atoms. The summed E-state index contributed by atoms with van der Waals surface area (Å²) in [4.78, 5) is 10.6. The Labute approximate surface area is 180 Å². The number of nitriles is 1. The highest BCUT2D eigenvalue weighted by atomic mass is 16.9. The molecule has 0 radical (unpaired) electrons. The SMILES string of the molecule is CO/C=C/C1C(c2ccc([N+](=O)[O-])cc2)C(C#N)=C(c2ccccc2)OC1(OC)OC. The summed E-state index contributed by atoms with van der Waals surface area (Å²) in [7, 11) is 4.40. The molecule has 0 fully saturated rings. The third-order valence-electron chi connectivity index (χ3n) is 5.18. The Bertz CT molecular complexity index is 1020. The molecule has 0 N–H and O–H groups in total. The van der Waals surface area contributed by atoms with Gasteiger partial charge in [0.1, 0.15) is 5.76 Å². The molecule has 160 valence electrons. The lowest BCUT2D eigenvalue weighted by molar-refractivity contribution is -0.384. The summed E-state index contributed by atoms with van der Waals surface area (Å²) in [6.45, 7) is 0. The van der Waals surface area contributed by atoms with Crippen molar-refractivity contribution in [3.63, 3.8) is 0 Å². The van der Waals surface area contributed by atoms with Gasteiger partial charge in [0.05, 0.1) is 35.9 Å². The van der Waals surface area contributed by atoms with Crippen LogP contribution >= 0.6 is 0 Å². The van der Waals surface area contributed by atoms with Gasteiger partial charge in [-0.1, -0.05) is 42.5 Å². The van der Waals surface area contributed by atoms with E-state index in [4.69, 9.17) is 18.9 Å². The average Bonchev–Trinajstić information content (AvgIpc) is 2.82. The zero-order valence-corrected chi connectivity index (χ0v) is 17.3. The van der Waals surface area contributed by atoms with E-state index < -0.39 is 22.7 Å². The number of methoxy groups -OCH3 is 3. The highest BCUT2D eigenvalue weighted by molar-refractivity contribution is 5.70. The third-order valence-corrected chi connectivity index (χ3v) is 5.18. The molecule has 2 aromatic carbocycles. The summed E-state index contributed by atoms with van der Waals surface area (Å²) in [6.07, 6.45) is 3.15. The number of non-ortho nitro benzene ring substituents is 1. The Hall–Kier alpha value is -3.67. The van der Waals surface area contributed by atoms with Crippen LogP contribution in [0.1, 0.15) is 17.0 Å². The van der Waals surface area contributed by atoms with Crippen LogP contribution in [0.4, 0.5) is 5.69 Å². The van der Waals surface area contributed by atoms with E-state index in [1.54, 1.807) is 18.2 Å². The first kappa shape index (κ1) is 22.0. The second-order valence-corrected chi connectivity index (χ2v) is 6.75. The molecule has 8 heteroatoms. The molecule has 0 amide bonds. The van der Waals surface area contributed by atoms with Gasteiger partial charge in [-0.2, -0.15) is 5.26 Å². The largest absolute Gasteiger partial charge is 0.505 e. The summed E-state index contributed by atoms with van der Waals surface area (Å²) in [5.74, 6) is -2.46. The van der Waals surface area contributed by atoms with Gasteiger partial charge in [-0.3, -0.25) is 10.1 Å². The van der Waals surface area contributed by atoms with E-state index in [-0.39, 0.29) is 5.69 Å². The number of ether oxygens (including phenoxy) is 4. The van der Waals surface area contributed by atoms with Crippen molar-refractivity contribution in [3.8, 4) is 6.07 Å². The van der Waals surface area contributed by atoms with Crippen molar-refractivity contribution in [1.82, 2.24) is 0 Å². The molecule has 0 spiro atoms. The molecule has 1 heterocycles. The molecule has 2 atom stereocenters. The lowest BCUT2D eigenvalue weighted by atomic mass is 9.76. The quantitative estimate of drug-likeness (QED) is 0.282. The molecular formula is C23H22N2O6. The summed E-state index contributed by atoms with van der Waals surface area (Å²) < 4.78 is 22.7. The molecule has 2 unspecified atom stereocenters. The van der Waals surface area contributed by atoms with Crippen LogP contribution in [0.15, 0.2) is 72.5 Å². The third kappa shape index (κ3) is 4.14. The predicted octanol–water partition coefficient (Wildman–Crippen LogP) is 4.37. The maximum Gasteiger partial charge on any atom is 0.334 e. The number of benzene rings is 2. The van der Waals surface area contributed by atoms with Gasteiger partial charge in [0, 0.05) is 37.8 Å². The van der Waals surface area contributed by atoms with Crippen molar-refractivity contribution in [2.45, 2.75) is 11.9 Å². The zero-order valence-electron chi connectivity index (χ0n) is 17.3. The zero-order chi connectivity index (χ0) is 22.4. The van der Waals surface area contributed by atoms with Gasteiger partial charge in [-0.15, -0.1) is 0 Å². The monoisotopic (exact) mass is 422 g/mol. The van der Waals surface area contributed by atoms with Crippen LogP contribution in [0.5, 0.6) is 0 Å². The van der Waals surface area contributed by atoms with E-state index in [0.717, 1.165) is 0 Å². The van der Waals surface area contributed by atoms with Gasteiger partial charge < -0.3 is 18.9 Å². The number of hydrogen-bond donors (Lipinski definition) is 0. The molecule has 8 nitrogen and oxygen atoms in total. The normalized spacial score (nSPS) is 20.2. The van der Waals surface area contributed by atoms with Crippen LogP contribution in [0.25, 0.3) is 5.76 Å². The van der Waals surface area contributed by atoms with Gasteiger partial charge >= 0.3 is 5.97 Å². The maximum atomic E-state index is 11.1. The van der Waals surface area contributed by atoms with E-state index in [2.05, 4.69) is 6.07 Å². The van der Waals surface area contributed by atoms with Gasteiger partial charge in [0.2, 0.25) is 0 Å². The number of allylic oxidation sites excluding steroid dienone is 1. The van der Waals surface area contributed by atoms with Crippen molar-refractivity contribution in [3.05, 3.63) is 93.7 Å². The Morgan fingerprint density at radius 2 is 1.74 bits per heavy atom. The fraction of sp³-hybridized carbons (Fsp3) is 0.261. The molecule has 1 aliphatic rings. The van der Waals surface area contributed by atoms with Crippen LogP contribution in [0.2, 0.25) is 0 Å². The van der Waals surface area contributed by atoms with Crippen molar-refractivity contribution < 1.29 is 23.9 Å². The summed E-state index contributed by atoms with van der Waals surface area (Å²) in [6, 6.07) is 17.5. The van der Waals surface area contributed by atoms with Crippen molar-refractivity contribution in [1.29, 1.82) is 5.26 Å². The van der Waals surface area contributed by atoms with Gasteiger partial charge in [0.15, 0.2) is 0 Å². The van der Waals surface area contributed by atoms with Crippen molar-refractivity contribution in [2.75, 3.05) is 21.3 Å². The van der Waals surface area contributed by atoms with Gasteiger partial charge in [-0.25, -0.2) is 0 Å². The standard InChI is InChI=1S/C23H22N2O6/c1-28-14-13-20-21(16-9-11-18(12-10-16)25(26)27)19(15-24)22(17-7-5-4-6-8-17)31-23(20,29-2)30-3/h4-14,20-21H,1-3H3/b14-13+. The maximum absolute atomic E-state index is 11.1. The van der Waals surface area contributed by atoms with Crippen molar-refractivity contribution in [2.24, 2.45) is 5.92 Å². The molecule has 1 aliphatic heterocycles. The number of rotatable bonds is 7. The number of nitrogens with zero attached hydrogens (tertiary/aromatic N) is 2. The highest BCUT2D eigenvalue weighted by Crippen LogP contribution is 2.50. The first-order chi connectivity index (χ1) is 15.0. The first-order valence-electron chi connectivity index (χ1n) is 9.44. The number of hydrogen-bond acceptors (Lipinski definition) is 7. The smallest absolute Gasteiger partial charge is 0.334 e. The molecule has 0 saturated carbocycles. The second-order valence-electron chi connectivity index (χ2n) is 6.75. The topological polar surface area (TPSA) is 104 Å². The van der Waals surface area contributed by atoms with Gasteiger partial charge in [-0.05, 0) is 11.6 Å². The summed E-state index contributed by atoms with van der Waals surface area (Å²) in [5, 5.41) is 21.2. The first-order valence-corrected chi connectivity index (χ1v) is 9.44. The molecule has 0 aliphatic carbocycles. The molecule has 31 heavy (non-hydrogen) atoms. The fourth-order valence-corrected chi connectivity index (χ4v) is 3.72. The minimum absolute atomic E-state index is 0.0460. The van der Waals surface area contributed by atoms with E-state index in [1.165, 1.54) is 39.7 Å². The Morgan fingerprint density at radius 3 is 2.26 bits per heavy atom. The minimum Gasteiger partial charge on any atom is -0.505 e. The molecule has 2 aromatic rings. The van der Waals surface area contributed by atoms with Crippen LogP contribution in [0, 0.1) is 27.4 Å². The minimum atomic E-state index is -1.56. The van der Waals surface area contributed by atoms with E-state index >= 15 is 0 Å². The predicted molar refractivity (Wildman–Crippen MR) is 112 cm³/mol. The lowest BCUT2D eigenvalue weighted by Gasteiger charge is -2.44. The van der Waals surface area contributed by atoms with Crippen LogP contribution in [-0.2, 0) is 18.9 Å². The van der Waals surface area contributed by atoms with Crippen molar-refractivity contribution >= 4 is 11.4 Å². The lowest BCUT2D eigenvalue weighted by Crippen LogP contribution is -2.49. The van der Waals surface area contributed by atoms with Crippen LogP contribution in [-0.4, -0.2) is 32.2 Å². The molecule has 0 aromatic heterocycles. The second kappa shape index (κ2) is 9.43. The van der Waals surface area contributed by atoms with Crippen LogP contribution < -0.4 is 0 Å². The van der Waals surface area contributed by atoms with Crippen LogP contribution in [0.3, 0.4) is 0 Å². The molecule has 3 rings (SSSR count). The molecule has 0 saturated heterocycles. The Morgan fingerprint density at radius 1 is 1.10 bits per heavy atom. The Kier molecular flexibility index (Phi) is 6.70. The number of nitro benzene ring substituents is 1. The van der Waals surface area contributed by atoms with E-state index in [1.807, 2.05) is 30.3 Å². The summed E-state index contributed by atoms with van der Waals surface area (Å²) >= 11 is 0. The average molecular weight is 422 g/mol. The Balaban J connectivity index is 2.28. The fourth-order valence-electron chi connectivity index (χ4n) is 3.72. The highest BCUT2D eigenvalue weighted by Gasteiger charge is 2.52. The van der Waals surface area contributed by atoms with Gasteiger partial charge in [0.25, 0.3) is 5.69 Å². The number of nitro groups is 1. The summed E-state index contributed by atoms with van der Waals surface area (Å²) in [5.41, 5.74) is 1.65. The van der Waals surface area contributed by atoms with E-state index in [0.29, 0.717) is 22.5 Å². The molecular weight excluding hydrogens is 400 g/mol.